The molecule has 0 radical (unpaired) electrons. The fraction of sp³-hybridized carbons (Fsp3) is 0.471. The second-order valence-electron chi connectivity index (χ2n) is 6.06. The standard InChI is InChI=1S/C17H19ClN2O3/c18-14-4-2-1-3-12(14)10-20-16-9-17(22-7-8-23-17)6-5-13(16)15(11-21)19-20/h1-4,21H,5-11H2. The van der Waals surface area contributed by atoms with E-state index in [9.17, 15) is 5.11 Å². The van der Waals surface area contributed by atoms with Gasteiger partial charge in [-0.05, 0) is 23.6 Å². The molecule has 5 nitrogen and oxygen atoms in total. The predicted octanol–water partition coefficient (Wildman–Crippen LogP) is 2.31. The summed E-state index contributed by atoms with van der Waals surface area (Å²) in [5.41, 5.74) is 3.98. The van der Waals surface area contributed by atoms with Crippen LogP contribution in [-0.4, -0.2) is 33.9 Å². The van der Waals surface area contributed by atoms with Crippen LogP contribution < -0.4 is 0 Å². The molecular formula is C17H19ClN2O3. The maximum absolute atomic E-state index is 9.62. The number of hydrogen-bond donors (Lipinski definition) is 1. The number of benzene rings is 1. The van der Waals surface area contributed by atoms with Gasteiger partial charge in [-0.1, -0.05) is 29.8 Å². The van der Waals surface area contributed by atoms with Crippen molar-refractivity contribution in [3.05, 3.63) is 51.8 Å². The number of aliphatic hydroxyl groups excluding tert-OH is 1. The number of aliphatic hydroxyl groups is 1. The third-order valence-electron chi connectivity index (χ3n) is 4.68. The minimum Gasteiger partial charge on any atom is -0.390 e. The van der Waals surface area contributed by atoms with Gasteiger partial charge in [0.15, 0.2) is 5.79 Å². The van der Waals surface area contributed by atoms with Crippen molar-refractivity contribution >= 4 is 11.6 Å². The van der Waals surface area contributed by atoms with E-state index in [1.807, 2.05) is 28.9 Å². The van der Waals surface area contributed by atoms with E-state index in [1.54, 1.807) is 0 Å². The van der Waals surface area contributed by atoms with E-state index in [4.69, 9.17) is 21.1 Å². The molecule has 0 amide bonds. The monoisotopic (exact) mass is 334 g/mol. The minimum absolute atomic E-state index is 0.0490. The SMILES string of the molecule is OCc1nn(Cc2ccccc2Cl)c2c1CCC1(C2)OCCO1. The van der Waals surface area contributed by atoms with Crippen LogP contribution in [0.4, 0.5) is 0 Å². The number of hydrogen-bond acceptors (Lipinski definition) is 4. The first-order valence-corrected chi connectivity index (χ1v) is 8.28. The Morgan fingerprint density at radius 1 is 1.26 bits per heavy atom. The first kappa shape index (κ1) is 15.1. The van der Waals surface area contributed by atoms with Crippen molar-refractivity contribution in [3.8, 4) is 0 Å². The smallest absolute Gasteiger partial charge is 0.174 e. The van der Waals surface area contributed by atoms with Crippen LogP contribution in [-0.2, 0) is 35.5 Å². The molecule has 0 saturated carbocycles. The molecule has 1 fully saturated rings. The molecule has 1 spiro atoms. The molecule has 1 aromatic carbocycles. The highest BCUT2D eigenvalue weighted by Crippen LogP contribution is 2.37. The van der Waals surface area contributed by atoms with Crippen molar-refractivity contribution in [3.63, 3.8) is 0 Å². The van der Waals surface area contributed by atoms with Crippen LogP contribution in [0.2, 0.25) is 5.02 Å². The molecule has 1 N–H and O–H groups in total. The molecule has 23 heavy (non-hydrogen) atoms. The number of halogens is 1. The highest BCUT2D eigenvalue weighted by Gasteiger charge is 2.42. The largest absolute Gasteiger partial charge is 0.390 e. The van der Waals surface area contributed by atoms with Crippen LogP contribution in [0.15, 0.2) is 24.3 Å². The van der Waals surface area contributed by atoms with Gasteiger partial charge in [-0.15, -0.1) is 0 Å². The Labute approximate surface area is 139 Å². The summed E-state index contributed by atoms with van der Waals surface area (Å²) in [6.07, 6.45) is 2.29. The zero-order valence-corrected chi connectivity index (χ0v) is 13.6. The highest BCUT2D eigenvalue weighted by atomic mass is 35.5. The van der Waals surface area contributed by atoms with Gasteiger partial charge in [0, 0.05) is 23.6 Å². The van der Waals surface area contributed by atoms with Crippen LogP contribution >= 0.6 is 11.6 Å². The molecule has 2 heterocycles. The Morgan fingerprint density at radius 3 is 2.78 bits per heavy atom. The summed E-state index contributed by atoms with van der Waals surface area (Å²) >= 11 is 6.28. The van der Waals surface area contributed by atoms with Crippen LogP contribution in [0.1, 0.15) is 28.9 Å². The number of rotatable bonds is 3. The van der Waals surface area contributed by atoms with Gasteiger partial charge in [-0.2, -0.15) is 5.10 Å². The Hall–Kier alpha value is -1.40. The lowest BCUT2D eigenvalue weighted by Gasteiger charge is -2.32. The van der Waals surface area contributed by atoms with E-state index in [1.165, 1.54) is 0 Å². The van der Waals surface area contributed by atoms with Gasteiger partial charge in [-0.3, -0.25) is 4.68 Å². The van der Waals surface area contributed by atoms with Gasteiger partial charge >= 0.3 is 0 Å². The van der Waals surface area contributed by atoms with Crippen molar-refractivity contribution in [2.45, 2.75) is 38.2 Å². The van der Waals surface area contributed by atoms with Gasteiger partial charge in [0.2, 0.25) is 0 Å². The van der Waals surface area contributed by atoms with Crippen LogP contribution in [0.5, 0.6) is 0 Å². The van der Waals surface area contributed by atoms with Crippen molar-refractivity contribution < 1.29 is 14.6 Å². The van der Waals surface area contributed by atoms with Crippen molar-refractivity contribution in [1.82, 2.24) is 9.78 Å². The van der Waals surface area contributed by atoms with E-state index in [-0.39, 0.29) is 6.61 Å². The molecule has 6 heteroatoms. The fourth-order valence-electron chi connectivity index (χ4n) is 3.52. The second-order valence-corrected chi connectivity index (χ2v) is 6.47. The summed E-state index contributed by atoms with van der Waals surface area (Å²) in [6, 6.07) is 7.76. The number of fused-ring (bicyclic) bond motifs is 1. The van der Waals surface area contributed by atoms with Gasteiger partial charge in [0.1, 0.15) is 0 Å². The third kappa shape index (κ3) is 2.68. The molecule has 0 unspecified atom stereocenters. The summed E-state index contributed by atoms with van der Waals surface area (Å²) in [4.78, 5) is 0. The molecule has 4 rings (SSSR count). The molecule has 122 valence electrons. The molecule has 2 aromatic rings. The quantitative estimate of drug-likeness (QED) is 0.936. The van der Waals surface area contributed by atoms with Crippen LogP contribution in [0.3, 0.4) is 0 Å². The summed E-state index contributed by atoms with van der Waals surface area (Å²) in [5, 5.41) is 14.9. The number of nitrogens with zero attached hydrogens (tertiary/aromatic N) is 2. The Morgan fingerprint density at radius 2 is 2.04 bits per heavy atom. The van der Waals surface area contributed by atoms with Gasteiger partial charge in [-0.25, -0.2) is 0 Å². The van der Waals surface area contributed by atoms with E-state index in [0.29, 0.717) is 26.2 Å². The zero-order valence-electron chi connectivity index (χ0n) is 12.8. The molecule has 1 aliphatic carbocycles. The lowest BCUT2D eigenvalue weighted by Crippen LogP contribution is -2.38. The van der Waals surface area contributed by atoms with Gasteiger partial charge in [0.05, 0.1) is 32.1 Å². The number of ether oxygens (including phenoxy) is 2. The molecule has 0 bridgehead atoms. The van der Waals surface area contributed by atoms with Crippen molar-refractivity contribution in [2.24, 2.45) is 0 Å². The molecule has 0 atom stereocenters. The van der Waals surface area contributed by atoms with Crippen LogP contribution in [0, 0.1) is 0 Å². The molecule has 1 aliphatic heterocycles. The first-order valence-electron chi connectivity index (χ1n) is 7.90. The summed E-state index contributed by atoms with van der Waals surface area (Å²) in [6.45, 7) is 1.81. The van der Waals surface area contributed by atoms with Gasteiger partial charge < -0.3 is 14.6 Å². The fourth-order valence-corrected chi connectivity index (χ4v) is 3.72. The average molecular weight is 335 g/mol. The topological polar surface area (TPSA) is 56.5 Å². The summed E-state index contributed by atoms with van der Waals surface area (Å²) < 4.78 is 13.7. The summed E-state index contributed by atoms with van der Waals surface area (Å²) in [7, 11) is 0. The maximum Gasteiger partial charge on any atom is 0.174 e. The van der Waals surface area contributed by atoms with Crippen molar-refractivity contribution in [1.29, 1.82) is 0 Å². The van der Waals surface area contributed by atoms with Crippen molar-refractivity contribution in [2.75, 3.05) is 13.2 Å². The van der Waals surface area contributed by atoms with E-state index >= 15 is 0 Å². The second kappa shape index (κ2) is 5.91. The van der Waals surface area contributed by atoms with Crippen LogP contribution in [0.25, 0.3) is 0 Å². The molecule has 2 aliphatic rings. The Balaban J connectivity index is 1.70. The first-order chi connectivity index (χ1) is 11.2. The van der Waals surface area contributed by atoms with E-state index < -0.39 is 5.79 Å². The average Bonchev–Trinajstić information content (AvgIpc) is 3.15. The molecule has 1 aromatic heterocycles. The van der Waals surface area contributed by atoms with E-state index in [2.05, 4.69) is 5.10 Å². The Bertz CT molecular complexity index is 723. The minimum atomic E-state index is -0.516. The van der Waals surface area contributed by atoms with E-state index in [0.717, 1.165) is 40.4 Å². The Kier molecular flexibility index (Phi) is 3.89. The lowest BCUT2D eigenvalue weighted by molar-refractivity contribution is -0.164. The van der Waals surface area contributed by atoms with Gasteiger partial charge in [0.25, 0.3) is 0 Å². The lowest BCUT2D eigenvalue weighted by atomic mass is 9.90. The zero-order chi connectivity index (χ0) is 15.9. The summed E-state index contributed by atoms with van der Waals surface area (Å²) in [5.74, 6) is -0.516. The predicted molar refractivity (Wildman–Crippen MR) is 85.4 cm³/mol. The third-order valence-corrected chi connectivity index (χ3v) is 5.05. The molecule has 1 saturated heterocycles. The molecular weight excluding hydrogens is 316 g/mol. The number of aromatic nitrogens is 2. The highest BCUT2D eigenvalue weighted by molar-refractivity contribution is 6.31. The normalized spacial score (nSPS) is 19.2. The maximum atomic E-state index is 9.62.